The molecule has 0 radical (unpaired) electrons. The minimum Gasteiger partial charge on any atom is -0.465 e. The standard InChI is InChI=1S/C16H15F2N5O3/c1-2-26-13(24)9-23-11(7-19)8-21-14(15(23)25)22-10-16(17,18)12-5-3-4-6-20-12/h3-6,8H,2,9-10H2,1H3,(H,21,22). The number of esters is 1. The van der Waals surface area contributed by atoms with Crippen LogP contribution in [0.4, 0.5) is 14.6 Å². The first-order chi connectivity index (χ1) is 12.4. The summed E-state index contributed by atoms with van der Waals surface area (Å²) >= 11 is 0. The summed E-state index contributed by atoms with van der Waals surface area (Å²) in [6.07, 6.45) is 2.25. The van der Waals surface area contributed by atoms with Crippen molar-refractivity contribution in [3.8, 4) is 6.07 Å². The van der Waals surface area contributed by atoms with E-state index in [0.717, 1.165) is 16.8 Å². The van der Waals surface area contributed by atoms with Crippen molar-refractivity contribution in [2.75, 3.05) is 18.5 Å². The van der Waals surface area contributed by atoms with Crippen LogP contribution < -0.4 is 10.9 Å². The quantitative estimate of drug-likeness (QED) is 0.738. The van der Waals surface area contributed by atoms with Gasteiger partial charge in [-0.25, -0.2) is 4.98 Å². The molecule has 10 heteroatoms. The van der Waals surface area contributed by atoms with E-state index in [4.69, 9.17) is 10.00 Å². The van der Waals surface area contributed by atoms with Crippen molar-refractivity contribution >= 4 is 11.8 Å². The van der Waals surface area contributed by atoms with Crippen LogP contribution in [0.15, 0.2) is 35.4 Å². The van der Waals surface area contributed by atoms with Gasteiger partial charge in [-0.1, -0.05) is 6.07 Å². The van der Waals surface area contributed by atoms with Gasteiger partial charge in [0.2, 0.25) is 0 Å². The van der Waals surface area contributed by atoms with Gasteiger partial charge in [0.15, 0.2) is 5.82 Å². The van der Waals surface area contributed by atoms with E-state index >= 15 is 0 Å². The Labute approximate surface area is 147 Å². The lowest BCUT2D eigenvalue weighted by Crippen LogP contribution is -2.33. The summed E-state index contributed by atoms with van der Waals surface area (Å²) in [6, 6.07) is 5.80. The molecule has 0 aliphatic carbocycles. The van der Waals surface area contributed by atoms with E-state index in [1.165, 1.54) is 18.3 Å². The highest BCUT2D eigenvalue weighted by atomic mass is 19.3. The molecule has 136 valence electrons. The number of aromatic nitrogens is 3. The molecule has 2 heterocycles. The van der Waals surface area contributed by atoms with Gasteiger partial charge < -0.3 is 10.1 Å². The third-order valence-electron chi connectivity index (χ3n) is 3.28. The third-order valence-corrected chi connectivity index (χ3v) is 3.28. The second kappa shape index (κ2) is 8.15. The summed E-state index contributed by atoms with van der Waals surface area (Å²) < 4.78 is 33.8. The number of hydrogen-bond donors (Lipinski definition) is 1. The smallest absolute Gasteiger partial charge is 0.326 e. The Morgan fingerprint density at radius 1 is 1.42 bits per heavy atom. The maximum atomic E-state index is 14.1. The second-order valence-electron chi connectivity index (χ2n) is 5.07. The van der Waals surface area contributed by atoms with Crippen molar-refractivity contribution in [3.63, 3.8) is 0 Å². The van der Waals surface area contributed by atoms with Crippen molar-refractivity contribution in [1.82, 2.24) is 14.5 Å². The molecule has 0 amide bonds. The largest absolute Gasteiger partial charge is 0.465 e. The molecule has 0 fully saturated rings. The highest BCUT2D eigenvalue weighted by molar-refractivity contribution is 5.69. The molecule has 2 aromatic rings. The Morgan fingerprint density at radius 3 is 2.81 bits per heavy atom. The molecule has 26 heavy (non-hydrogen) atoms. The topological polar surface area (TPSA) is 110 Å². The van der Waals surface area contributed by atoms with Crippen LogP contribution >= 0.6 is 0 Å². The minimum absolute atomic E-state index is 0.0992. The predicted molar refractivity (Wildman–Crippen MR) is 86.5 cm³/mol. The van der Waals surface area contributed by atoms with Gasteiger partial charge in [-0.15, -0.1) is 0 Å². The lowest BCUT2D eigenvalue weighted by atomic mass is 10.2. The van der Waals surface area contributed by atoms with E-state index in [9.17, 15) is 18.4 Å². The average molecular weight is 363 g/mol. The predicted octanol–water partition coefficient (Wildman–Crippen LogP) is 1.28. The number of rotatable bonds is 7. The molecule has 0 bridgehead atoms. The summed E-state index contributed by atoms with van der Waals surface area (Å²) in [4.78, 5) is 31.2. The normalized spacial score (nSPS) is 10.8. The molecule has 0 atom stereocenters. The number of carbonyl (C=O) groups excluding carboxylic acids is 1. The number of nitrogens with zero attached hydrogens (tertiary/aromatic N) is 4. The van der Waals surface area contributed by atoms with E-state index in [-0.39, 0.29) is 12.3 Å². The molecular weight excluding hydrogens is 348 g/mol. The molecule has 0 aliphatic rings. The Kier molecular flexibility index (Phi) is 5.95. The van der Waals surface area contributed by atoms with Crippen LogP contribution in [0.1, 0.15) is 18.3 Å². The highest BCUT2D eigenvalue weighted by Gasteiger charge is 2.33. The lowest BCUT2D eigenvalue weighted by molar-refractivity contribution is -0.143. The van der Waals surface area contributed by atoms with Crippen LogP contribution in [-0.4, -0.2) is 33.7 Å². The zero-order valence-electron chi connectivity index (χ0n) is 13.8. The van der Waals surface area contributed by atoms with E-state index in [1.54, 1.807) is 13.0 Å². The number of anilines is 1. The van der Waals surface area contributed by atoms with E-state index in [1.807, 2.05) is 0 Å². The Morgan fingerprint density at radius 2 is 2.19 bits per heavy atom. The number of halogens is 2. The molecule has 0 unspecified atom stereocenters. The van der Waals surface area contributed by atoms with Gasteiger partial charge in [-0.05, 0) is 19.1 Å². The first-order valence-corrected chi connectivity index (χ1v) is 7.57. The SMILES string of the molecule is CCOC(=O)Cn1c(C#N)cnc(NCC(F)(F)c2ccccn2)c1=O. The minimum atomic E-state index is -3.35. The van der Waals surface area contributed by atoms with Gasteiger partial charge in [0.25, 0.3) is 5.56 Å². The second-order valence-corrected chi connectivity index (χ2v) is 5.07. The van der Waals surface area contributed by atoms with Crippen LogP contribution in [-0.2, 0) is 22.0 Å². The van der Waals surface area contributed by atoms with Crippen molar-refractivity contribution < 1.29 is 18.3 Å². The molecular formula is C16H15F2N5O3. The Balaban J connectivity index is 2.24. The summed E-state index contributed by atoms with van der Waals surface area (Å²) in [7, 11) is 0. The number of alkyl halides is 2. The van der Waals surface area contributed by atoms with Crippen LogP contribution in [0.25, 0.3) is 0 Å². The van der Waals surface area contributed by atoms with Gasteiger partial charge in [0.05, 0.1) is 19.3 Å². The zero-order valence-corrected chi connectivity index (χ0v) is 13.8. The number of hydrogen-bond acceptors (Lipinski definition) is 7. The number of nitriles is 1. The number of nitrogens with one attached hydrogen (secondary N) is 1. The first kappa shape index (κ1) is 19.0. The molecule has 0 aliphatic heterocycles. The van der Waals surface area contributed by atoms with Crippen molar-refractivity contribution in [3.05, 3.63) is 52.3 Å². The fourth-order valence-electron chi connectivity index (χ4n) is 2.06. The molecule has 8 nitrogen and oxygen atoms in total. The first-order valence-electron chi connectivity index (χ1n) is 7.57. The molecule has 2 rings (SSSR count). The summed E-state index contributed by atoms with van der Waals surface area (Å²) in [5, 5.41) is 11.3. The van der Waals surface area contributed by atoms with E-state index < -0.39 is 42.1 Å². The molecule has 0 saturated heterocycles. The van der Waals surface area contributed by atoms with Crippen LogP contribution in [0.5, 0.6) is 0 Å². The molecule has 0 saturated carbocycles. The van der Waals surface area contributed by atoms with E-state index in [2.05, 4.69) is 15.3 Å². The number of carbonyl (C=O) groups is 1. The van der Waals surface area contributed by atoms with E-state index in [0.29, 0.717) is 0 Å². The highest BCUT2D eigenvalue weighted by Crippen LogP contribution is 2.25. The maximum Gasteiger partial charge on any atom is 0.326 e. The number of pyridine rings is 1. The van der Waals surface area contributed by atoms with Gasteiger partial charge in [-0.2, -0.15) is 14.0 Å². The molecule has 1 N–H and O–H groups in total. The van der Waals surface area contributed by atoms with Gasteiger partial charge in [0, 0.05) is 6.20 Å². The average Bonchev–Trinajstić information content (AvgIpc) is 2.63. The van der Waals surface area contributed by atoms with Gasteiger partial charge in [-0.3, -0.25) is 19.1 Å². The molecule has 0 spiro atoms. The maximum absolute atomic E-state index is 14.1. The van der Waals surface area contributed by atoms with Gasteiger partial charge in [0.1, 0.15) is 24.0 Å². The summed E-state index contributed by atoms with van der Waals surface area (Å²) in [5.74, 6) is -4.50. The Bertz CT molecular complexity index is 878. The monoisotopic (exact) mass is 363 g/mol. The van der Waals surface area contributed by atoms with Crippen LogP contribution in [0.3, 0.4) is 0 Å². The summed E-state index contributed by atoms with van der Waals surface area (Å²) in [6.45, 7) is 0.230. The van der Waals surface area contributed by atoms with Crippen LogP contribution in [0.2, 0.25) is 0 Å². The Hall–Kier alpha value is -3.35. The summed E-state index contributed by atoms with van der Waals surface area (Å²) in [5.41, 5.74) is -1.54. The van der Waals surface area contributed by atoms with Crippen LogP contribution in [0, 0.1) is 11.3 Å². The lowest BCUT2D eigenvalue weighted by Gasteiger charge is -2.17. The fourth-order valence-corrected chi connectivity index (χ4v) is 2.06. The molecule has 2 aromatic heterocycles. The van der Waals surface area contributed by atoms with Crippen molar-refractivity contribution in [1.29, 1.82) is 5.26 Å². The third kappa shape index (κ3) is 4.38. The van der Waals surface area contributed by atoms with Crippen molar-refractivity contribution in [2.45, 2.75) is 19.4 Å². The van der Waals surface area contributed by atoms with Crippen molar-refractivity contribution in [2.24, 2.45) is 0 Å². The zero-order chi connectivity index (χ0) is 19.2. The molecule has 0 aromatic carbocycles. The fraction of sp³-hybridized carbons (Fsp3) is 0.312. The number of ether oxygens (including phenoxy) is 1. The van der Waals surface area contributed by atoms with Gasteiger partial charge >= 0.3 is 11.9 Å².